The minimum absolute atomic E-state index is 0.145. The van der Waals surface area contributed by atoms with Crippen LogP contribution in [0.2, 0.25) is 0 Å². The van der Waals surface area contributed by atoms with E-state index in [1.807, 2.05) is 16.5 Å². The van der Waals surface area contributed by atoms with Crippen molar-refractivity contribution in [2.75, 3.05) is 24.5 Å². The zero-order valence-corrected chi connectivity index (χ0v) is 13.7. The van der Waals surface area contributed by atoms with Crippen LogP contribution in [0.25, 0.3) is 5.65 Å². The molecule has 23 heavy (non-hydrogen) atoms. The van der Waals surface area contributed by atoms with Gasteiger partial charge < -0.3 is 4.90 Å². The van der Waals surface area contributed by atoms with Crippen LogP contribution in [0.5, 0.6) is 0 Å². The van der Waals surface area contributed by atoms with Gasteiger partial charge in [0, 0.05) is 19.6 Å². The fourth-order valence-corrected chi connectivity index (χ4v) is 4.72. The fraction of sp³-hybridized carbons (Fsp3) is 0.600. The van der Waals surface area contributed by atoms with E-state index in [0.29, 0.717) is 12.5 Å². The van der Waals surface area contributed by atoms with E-state index in [2.05, 4.69) is 25.9 Å². The average Bonchev–Trinajstić information content (AvgIpc) is 3.32. The normalized spacial score (nSPS) is 22.6. The Hall–Kier alpha value is -1.67. The number of sulfonamides is 1. The van der Waals surface area contributed by atoms with Gasteiger partial charge in [0.05, 0.1) is 5.25 Å². The monoisotopic (exact) mass is 335 g/mol. The van der Waals surface area contributed by atoms with Crippen LogP contribution in [0.1, 0.15) is 25.7 Å². The molecule has 8 heteroatoms. The Kier molecular flexibility index (Phi) is 3.73. The Bertz CT molecular complexity index is 799. The molecule has 2 aromatic rings. The molecule has 2 aliphatic rings. The first-order chi connectivity index (χ1) is 11.1. The van der Waals surface area contributed by atoms with Gasteiger partial charge in [-0.2, -0.15) is 0 Å². The molecule has 1 aliphatic heterocycles. The summed E-state index contributed by atoms with van der Waals surface area (Å²) in [4.78, 5) is 2.30. The third kappa shape index (κ3) is 3.05. The second kappa shape index (κ2) is 5.76. The number of piperidine rings is 1. The van der Waals surface area contributed by atoms with Crippen LogP contribution in [-0.2, 0) is 10.0 Å². The minimum atomic E-state index is -3.09. The molecule has 4 rings (SSSR count). The van der Waals surface area contributed by atoms with E-state index in [1.54, 1.807) is 6.33 Å². The molecule has 2 fully saturated rings. The Morgan fingerprint density at radius 3 is 2.96 bits per heavy atom. The van der Waals surface area contributed by atoms with Crippen LogP contribution in [0.3, 0.4) is 0 Å². The number of hydrogen-bond donors (Lipinski definition) is 1. The maximum Gasteiger partial charge on any atom is 0.214 e. The lowest BCUT2D eigenvalue weighted by atomic mass is 9.98. The van der Waals surface area contributed by atoms with E-state index in [1.165, 1.54) is 0 Å². The zero-order valence-electron chi connectivity index (χ0n) is 12.9. The highest BCUT2D eigenvalue weighted by molar-refractivity contribution is 7.90. The number of rotatable bonds is 5. The first-order valence-electron chi connectivity index (χ1n) is 8.16. The molecule has 0 amide bonds. The maximum absolute atomic E-state index is 12.0. The van der Waals surface area contributed by atoms with E-state index in [-0.39, 0.29) is 5.25 Å². The summed E-state index contributed by atoms with van der Waals surface area (Å²) in [5.74, 6) is 1.41. The Labute approximate surface area is 135 Å². The number of fused-ring (bicyclic) bond motifs is 1. The van der Waals surface area contributed by atoms with Crippen molar-refractivity contribution in [2.45, 2.75) is 30.9 Å². The predicted molar refractivity (Wildman–Crippen MR) is 87.9 cm³/mol. The van der Waals surface area contributed by atoms with Crippen molar-refractivity contribution in [3.63, 3.8) is 0 Å². The molecule has 1 atom stereocenters. The van der Waals surface area contributed by atoms with Crippen LogP contribution in [-0.4, -0.2) is 47.9 Å². The molecular weight excluding hydrogens is 314 g/mol. The third-order valence-corrected chi connectivity index (χ3v) is 6.61. The first kappa shape index (κ1) is 14.9. The number of anilines is 1. The summed E-state index contributed by atoms with van der Waals surface area (Å²) in [6.07, 6.45) is 5.46. The fourth-order valence-electron chi connectivity index (χ4n) is 3.26. The summed E-state index contributed by atoms with van der Waals surface area (Å²) in [5.41, 5.74) is 0.832. The third-order valence-electron chi connectivity index (χ3n) is 4.69. The summed E-state index contributed by atoms with van der Waals surface area (Å²) in [6, 6.07) is 5.98. The maximum atomic E-state index is 12.0. The van der Waals surface area contributed by atoms with Crippen molar-refractivity contribution < 1.29 is 8.42 Å². The summed E-state index contributed by atoms with van der Waals surface area (Å²) < 4.78 is 28.8. The molecule has 124 valence electrons. The van der Waals surface area contributed by atoms with Gasteiger partial charge in [-0.15, -0.1) is 10.2 Å². The molecule has 1 N–H and O–H groups in total. The summed E-state index contributed by atoms with van der Waals surface area (Å²) in [6.45, 7) is 2.36. The molecule has 1 saturated heterocycles. The minimum Gasteiger partial charge on any atom is -0.357 e. The summed E-state index contributed by atoms with van der Waals surface area (Å²) in [7, 11) is -3.09. The first-order valence-corrected chi connectivity index (χ1v) is 9.70. The van der Waals surface area contributed by atoms with Gasteiger partial charge in [-0.3, -0.25) is 4.40 Å². The Morgan fingerprint density at radius 1 is 1.26 bits per heavy atom. The lowest BCUT2D eigenvalue weighted by Gasteiger charge is -2.34. The van der Waals surface area contributed by atoms with E-state index in [9.17, 15) is 8.42 Å². The van der Waals surface area contributed by atoms with Crippen molar-refractivity contribution in [1.82, 2.24) is 19.3 Å². The van der Waals surface area contributed by atoms with E-state index >= 15 is 0 Å². The smallest absolute Gasteiger partial charge is 0.214 e. The molecule has 7 nitrogen and oxygen atoms in total. The van der Waals surface area contributed by atoms with Crippen LogP contribution in [0, 0.1) is 5.92 Å². The van der Waals surface area contributed by atoms with E-state index < -0.39 is 10.0 Å². The zero-order chi connectivity index (χ0) is 15.9. The molecule has 0 radical (unpaired) electrons. The second-order valence-electron chi connectivity index (χ2n) is 6.49. The number of nitrogens with zero attached hydrogens (tertiary/aromatic N) is 4. The lowest BCUT2D eigenvalue weighted by molar-refractivity contribution is 0.408. The highest BCUT2D eigenvalue weighted by atomic mass is 32.2. The van der Waals surface area contributed by atoms with Crippen LogP contribution < -0.4 is 9.62 Å². The van der Waals surface area contributed by atoms with Gasteiger partial charge >= 0.3 is 0 Å². The summed E-state index contributed by atoms with van der Waals surface area (Å²) in [5, 5.41) is 7.90. The van der Waals surface area contributed by atoms with E-state index in [4.69, 9.17) is 0 Å². The molecule has 1 aliphatic carbocycles. The van der Waals surface area contributed by atoms with Gasteiger partial charge in [-0.25, -0.2) is 13.1 Å². The van der Waals surface area contributed by atoms with Crippen LogP contribution in [0.4, 0.5) is 5.82 Å². The second-order valence-corrected chi connectivity index (χ2v) is 8.54. The molecule has 0 spiro atoms. The number of nitrogens with one attached hydrogen (secondary N) is 1. The van der Waals surface area contributed by atoms with Gasteiger partial charge in [-0.05, 0) is 43.7 Å². The topological polar surface area (TPSA) is 79.6 Å². The van der Waals surface area contributed by atoms with E-state index in [0.717, 1.165) is 50.2 Å². The van der Waals surface area contributed by atoms with Crippen molar-refractivity contribution >= 4 is 21.5 Å². The van der Waals surface area contributed by atoms with Crippen molar-refractivity contribution in [1.29, 1.82) is 0 Å². The van der Waals surface area contributed by atoms with Crippen molar-refractivity contribution in [2.24, 2.45) is 5.92 Å². The number of pyridine rings is 1. The van der Waals surface area contributed by atoms with Gasteiger partial charge in [0.2, 0.25) is 10.0 Å². The number of aromatic nitrogens is 3. The van der Waals surface area contributed by atoms with Crippen LogP contribution >= 0.6 is 0 Å². The molecule has 0 aromatic carbocycles. The highest BCUT2D eigenvalue weighted by Crippen LogP contribution is 2.28. The molecule has 1 saturated carbocycles. The predicted octanol–water partition coefficient (Wildman–Crippen LogP) is 1.03. The van der Waals surface area contributed by atoms with Gasteiger partial charge in [0.15, 0.2) is 5.65 Å². The molecule has 1 unspecified atom stereocenters. The van der Waals surface area contributed by atoms with Crippen molar-refractivity contribution in [3.05, 3.63) is 24.5 Å². The van der Waals surface area contributed by atoms with Gasteiger partial charge in [0.25, 0.3) is 0 Å². The molecule has 3 heterocycles. The summed E-state index contributed by atoms with van der Waals surface area (Å²) >= 11 is 0. The standard InChI is InChI=1S/C15H21N5O2S/c21-23(22,13-6-7-13)17-9-12-3-2-8-19(10-12)15-5-1-4-14-18-16-11-20(14)15/h1,4-5,11-13,17H,2-3,6-10H2. The Morgan fingerprint density at radius 2 is 2.13 bits per heavy atom. The quantitative estimate of drug-likeness (QED) is 0.883. The average molecular weight is 335 g/mol. The Balaban J connectivity index is 1.45. The van der Waals surface area contributed by atoms with Crippen molar-refractivity contribution in [3.8, 4) is 0 Å². The molecular formula is C15H21N5O2S. The van der Waals surface area contributed by atoms with Crippen LogP contribution in [0.15, 0.2) is 24.5 Å². The van der Waals surface area contributed by atoms with Gasteiger partial charge in [-0.1, -0.05) is 6.07 Å². The number of hydrogen-bond acceptors (Lipinski definition) is 5. The largest absolute Gasteiger partial charge is 0.357 e. The highest BCUT2D eigenvalue weighted by Gasteiger charge is 2.36. The lowest BCUT2D eigenvalue weighted by Crippen LogP contribution is -2.42. The molecule has 2 aromatic heterocycles. The van der Waals surface area contributed by atoms with Gasteiger partial charge in [0.1, 0.15) is 12.1 Å². The molecule has 0 bridgehead atoms. The SMILES string of the molecule is O=S(=O)(NCC1CCCN(c2cccc3nncn23)C1)C1CC1.